The van der Waals surface area contributed by atoms with Gasteiger partial charge in [0.2, 0.25) is 0 Å². The van der Waals surface area contributed by atoms with Gasteiger partial charge >= 0.3 is 5.97 Å². The number of rotatable bonds is 9. The van der Waals surface area contributed by atoms with Crippen LogP contribution in [0.5, 0.6) is 0 Å². The molecule has 0 aromatic heterocycles. The van der Waals surface area contributed by atoms with Crippen LogP contribution in [0, 0.1) is 11.8 Å². The summed E-state index contributed by atoms with van der Waals surface area (Å²) < 4.78 is 5.07. The van der Waals surface area contributed by atoms with Crippen LogP contribution in [0.25, 0.3) is 0 Å². The molecule has 1 aliphatic rings. The molecule has 0 amide bonds. The number of methoxy groups -OCH3 is 1. The van der Waals surface area contributed by atoms with Crippen molar-refractivity contribution in [1.82, 2.24) is 10.2 Å². The van der Waals surface area contributed by atoms with Crippen molar-refractivity contribution in [3.63, 3.8) is 0 Å². The number of carbonyl (C=O) groups is 1. The van der Waals surface area contributed by atoms with E-state index in [1.54, 1.807) is 7.11 Å². The van der Waals surface area contributed by atoms with Crippen molar-refractivity contribution < 1.29 is 14.6 Å². The molecule has 1 rings (SSSR count). The number of ether oxygens (including phenoxy) is 1. The monoisotopic (exact) mass is 272 g/mol. The minimum atomic E-state index is -0.685. The van der Waals surface area contributed by atoms with E-state index in [9.17, 15) is 9.90 Å². The average molecular weight is 272 g/mol. The van der Waals surface area contributed by atoms with Gasteiger partial charge in [0.05, 0.1) is 12.5 Å². The Hall–Kier alpha value is -0.650. The molecule has 2 unspecified atom stereocenters. The zero-order valence-corrected chi connectivity index (χ0v) is 12.4. The molecule has 5 nitrogen and oxygen atoms in total. The second kappa shape index (κ2) is 8.51. The number of nitrogens with one attached hydrogen (secondary N) is 1. The first-order valence-corrected chi connectivity index (χ1v) is 7.20. The molecule has 2 atom stereocenters. The van der Waals surface area contributed by atoms with Gasteiger partial charge in [0, 0.05) is 32.8 Å². The topological polar surface area (TPSA) is 61.8 Å². The van der Waals surface area contributed by atoms with Crippen molar-refractivity contribution in [2.24, 2.45) is 11.8 Å². The normalized spacial score (nSPS) is 22.0. The summed E-state index contributed by atoms with van der Waals surface area (Å²) in [6.45, 7) is 8.51. The average Bonchev–Trinajstić information content (AvgIpc) is 2.79. The van der Waals surface area contributed by atoms with Crippen LogP contribution in [0.4, 0.5) is 0 Å². The largest absolute Gasteiger partial charge is 0.481 e. The van der Waals surface area contributed by atoms with Crippen LogP contribution in [-0.4, -0.2) is 61.9 Å². The fourth-order valence-electron chi connectivity index (χ4n) is 2.57. The molecule has 112 valence electrons. The van der Waals surface area contributed by atoms with Gasteiger partial charge in [-0.3, -0.25) is 9.69 Å². The van der Waals surface area contributed by atoms with Gasteiger partial charge in [0.1, 0.15) is 0 Å². The lowest BCUT2D eigenvalue weighted by Crippen LogP contribution is -2.38. The van der Waals surface area contributed by atoms with Crippen LogP contribution < -0.4 is 5.32 Å². The first-order chi connectivity index (χ1) is 9.02. The number of aliphatic carboxylic acids is 1. The van der Waals surface area contributed by atoms with Gasteiger partial charge in [0.15, 0.2) is 0 Å². The molecule has 1 fully saturated rings. The predicted octanol–water partition coefficient (Wildman–Crippen LogP) is 1.04. The first-order valence-electron chi connectivity index (χ1n) is 7.20. The van der Waals surface area contributed by atoms with Gasteiger partial charge in [-0.05, 0) is 25.3 Å². The molecule has 0 spiro atoms. The van der Waals surface area contributed by atoms with E-state index in [0.29, 0.717) is 18.5 Å². The summed E-state index contributed by atoms with van der Waals surface area (Å²) >= 11 is 0. The Morgan fingerprint density at radius 2 is 2.26 bits per heavy atom. The molecule has 1 aliphatic heterocycles. The van der Waals surface area contributed by atoms with E-state index in [1.807, 2.05) is 0 Å². The molecule has 0 aromatic carbocycles. The fourth-order valence-corrected chi connectivity index (χ4v) is 2.57. The molecule has 5 heteroatoms. The fraction of sp³-hybridized carbons (Fsp3) is 0.929. The number of hydrogen-bond acceptors (Lipinski definition) is 4. The summed E-state index contributed by atoms with van der Waals surface area (Å²) in [5.41, 5.74) is 0. The molecule has 0 aromatic rings. The standard InChI is InChI=1S/C14H28N2O3/c1-11(2)8-12(14(17)18)9-15-13-4-5-16(10-13)6-7-19-3/h11-13,15H,4-10H2,1-3H3,(H,17,18). The Morgan fingerprint density at radius 1 is 1.53 bits per heavy atom. The van der Waals surface area contributed by atoms with Crippen LogP contribution in [0.2, 0.25) is 0 Å². The Balaban J connectivity index is 2.26. The van der Waals surface area contributed by atoms with Crippen LogP contribution in [0.15, 0.2) is 0 Å². The summed E-state index contributed by atoms with van der Waals surface area (Å²) in [4.78, 5) is 13.5. The molecule has 0 bridgehead atoms. The Morgan fingerprint density at radius 3 is 2.84 bits per heavy atom. The minimum absolute atomic E-state index is 0.270. The molecular weight excluding hydrogens is 244 g/mol. The number of likely N-dealkylation sites (tertiary alicyclic amines) is 1. The van der Waals surface area contributed by atoms with Crippen molar-refractivity contribution >= 4 is 5.97 Å². The van der Waals surface area contributed by atoms with Crippen molar-refractivity contribution in [2.45, 2.75) is 32.7 Å². The maximum absolute atomic E-state index is 11.2. The number of carboxylic acids is 1. The van der Waals surface area contributed by atoms with E-state index in [1.165, 1.54) is 0 Å². The highest BCUT2D eigenvalue weighted by Crippen LogP contribution is 2.13. The Labute approximate surface area is 116 Å². The van der Waals surface area contributed by atoms with E-state index >= 15 is 0 Å². The van der Waals surface area contributed by atoms with E-state index < -0.39 is 5.97 Å². The maximum Gasteiger partial charge on any atom is 0.307 e. The van der Waals surface area contributed by atoms with Crippen LogP contribution in [-0.2, 0) is 9.53 Å². The van der Waals surface area contributed by atoms with Gasteiger partial charge in [-0.1, -0.05) is 13.8 Å². The summed E-state index contributed by atoms with van der Waals surface area (Å²) in [6, 6.07) is 0.422. The second-order valence-electron chi connectivity index (χ2n) is 5.85. The van der Waals surface area contributed by atoms with E-state index in [0.717, 1.165) is 39.1 Å². The molecule has 0 aliphatic carbocycles. The van der Waals surface area contributed by atoms with Gasteiger partial charge in [-0.15, -0.1) is 0 Å². The molecule has 1 heterocycles. The molecule has 2 N–H and O–H groups in total. The van der Waals surface area contributed by atoms with E-state index in [4.69, 9.17) is 4.74 Å². The van der Waals surface area contributed by atoms with Crippen molar-refractivity contribution in [1.29, 1.82) is 0 Å². The van der Waals surface area contributed by atoms with Gasteiger partial charge < -0.3 is 15.2 Å². The maximum atomic E-state index is 11.2. The lowest BCUT2D eigenvalue weighted by molar-refractivity contribution is -0.142. The zero-order valence-electron chi connectivity index (χ0n) is 12.4. The SMILES string of the molecule is COCCN1CCC(NCC(CC(C)C)C(=O)O)C1. The predicted molar refractivity (Wildman–Crippen MR) is 75.3 cm³/mol. The molecule has 19 heavy (non-hydrogen) atoms. The third-order valence-electron chi connectivity index (χ3n) is 3.64. The zero-order chi connectivity index (χ0) is 14.3. The first kappa shape index (κ1) is 16.4. The molecule has 0 saturated carbocycles. The van der Waals surface area contributed by atoms with Gasteiger partial charge in [-0.25, -0.2) is 0 Å². The third-order valence-corrected chi connectivity index (χ3v) is 3.64. The van der Waals surface area contributed by atoms with Crippen LogP contribution in [0.3, 0.4) is 0 Å². The Kier molecular flexibility index (Phi) is 7.34. The molecular formula is C14H28N2O3. The number of nitrogens with zero attached hydrogens (tertiary/aromatic N) is 1. The van der Waals surface area contributed by atoms with Crippen LogP contribution >= 0.6 is 0 Å². The third kappa shape index (κ3) is 6.36. The summed E-state index contributed by atoms with van der Waals surface area (Å²) in [7, 11) is 1.72. The smallest absolute Gasteiger partial charge is 0.307 e. The molecule has 0 radical (unpaired) electrons. The lowest BCUT2D eigenvalue weighted by Gasteiger charge is -2.19. The van der Waals surface area contributed by atoms with Crippen LogP contribution in [0.1, 0.15) is 26.7 Å². The van der Waals surface area contributed by atoms with E-state index in [2.05, 4.69) is 24.1 Å². The number of carboxylic acid groups (broad SMARTS) is 1. The van der Waals surface area contributed by atoms with Gasteiger partial charge in [0.25, 0.3) is 0 Å². The summed E-state index contributed by atoms with van der Waals surface area (Å²) in [6.07, 6.45) is 1.83. The molecule has 1 saturated heterocycles. The van der Waals surface area contributed by atoms with Gasteiger partial charge in [-0.2, -0.15) is 0 Å². The van der Waals surface area contributed by atoms with Crippen molar-refractivity contribution in [3.8, 4) is 0 Å². The van der Waals surface area contributed by atoms with Crippen molar-refractivity contribution in [2.75, 3.05) is 39.9 Å². The minimum Gasteiger partial charge on any atom is -0.481 e. The van der Waals surface area contributed by atoms with Crippen molar-refractivity contribution in [3.05, 3.63) is 0 Å². The quantitative estimate of drug-likeness (QED) is 0.657. The number of hydrogen-bond donors (Lipinski definition) is 2. The highest BCUT2D eigenvalue weighted by molar-refractivity contribution is 5.70. The second-order valence-corrected chi connectivity index (χ2v) is 5.85. The highest BCUT2D eigenvalue weighted by Gasteiger charge is 2.24. The Bertz CT molecular complexity index is 271. The summed E-state index contributed by atoms with van der Waals surface area (Å²) in [5, 5.41) is 12.6. The summed E-state index contributed by atoms with van der Waals surface area (Å²) in [5.74, 6) is -0.534. The van der Waals surface area contributed by atoms with E-state index in [-0.39, 0.29) is 5.92 Å². The lowest BCUT2D eigenvalue weighted by atomic mass is 9.97. The highest BCUT2D eigenvalue weighted by atomic mass is 16.5.